The second kappa shape index (κ2) is 5.05. The zero-order valence-electron chi connectivity index (χ0n) is 10.2. The summed E-state index contributed by atoms with van der Waals surface area (Å²) in [5.74, 6) is -0.278. The molecule has 0 atom stereocenters. The first kappa shape index (κ1) is 12.2. The monoisotopic (exact) mass is 265 g/mol. The molecule has 0 radical (unpaired) electrons. The van der Waals surface area contributed by atoms with Crippen LogP contribution < -0.4 is 5.32 Å². The minimum atomic E-state index is -0.603. The summed E-state index contributed by atoms with van der Waals surface area (Å²) >= 11 is 0. The highest BCUT2D eigenvalue weighted by Crippen LogP contribution is 2.19. The van der Waals surface area contributed by atoms with Gasteiger partial charge in [0.05, 0.1) is 6.54 Å². The minimum Gasteiger partial charge on any atom is -0.338 e. The van der Waals surface area contributed by atoms with Crippen LogP contribution in [0.15, 0.2) is 22.7 Å². The smallest absolute Gasteiger partial charge is 0.240 e. The second-order valence-electron chi connectivity index (χ2n) is 4.71. The molecule has 0 aliphatic heterocycles. The van der Waals surface area contributed by atoms with Gasteiger partial charge in [-0.3, -0.25) is 0 Å². The molecule has 4 nitrogen and oxygen atoms in total. The summed E-state index contributed by atoms with van der Waals surface area (Å²) in [6, 6.07) is 3.93. The van der Waals surface area contributed by atoms with Crippen molar-refractivity contribution >= 4 is 0 Å². The van der Waals surface area contributed by atoms with Gasteiger partial charge in [-0.05, 0) is 30.5 Å². The van der Waals surface area contributed by atoms with Crippen molar-refractivity contribution in [3.63, 3.8) is 0 Å². The molecule has 1 aliphatic rings. The van der Waals surface area contributed by atoms with Crippen molar-refractivity contribution in [1.29, 1.82) is 0 Å². The van der Waals surface area contributed by atoms with Crippen molar-refractivity contribution in [3.05, 3.63) is 47.1 Å². The standard InChI is InChI=1S/C13H13F2N3O/c14-9-3-8(4-10(15)6-9)5-12-17-13(19-18-12)7-16-11-1-2-11/h3-4,6,11,16H,1-2,5,7H2. The fourth-order valence-corrected chi connectivity index (χ4v) is 1.85. The molecule has 1 aliphatic carbocycles. The molecule has 1 heterocycles. The van der Waals surface area contributed by atoms with Crippen LogP contribution in [-0.2, 0) is 13.0 Å². The van der Waals surface area contributed by atoms with Crippen molar-refractivity contribution in [2.24, 2.45) is 0 Å². The van der Waals surface area contributed by atoms with Crippen LogP contribution in [0.1, 0.15) is 30.1 Å². The van der Waals surface area contributed by atoms with Gasteiger partial charge in [0.1, 0.15) is 11.6 Å². The normalized spacial score (nSPS) is 14.8. The van der Waals surface area contributed by atoms with Crippen LogP contribution in [-0.4, -0.2) is 16.2 Å². The number of benzene rings is 1. The van der Waals surface area contributed by atoms with Crippen LogP contribution >= 0.6 is 0 Å². The predicted octanol–water partition coefficient (Wildman–Crippen LogP) is 2.19. The largest absolute Gasteiger partial charge is 0.338 e. The van der Waals surface area contributed by atoms with Crippen LogP contribution in [0, 0.1) is 11.6 Å². The highest BCUT2D eigenvalue weighted by molar-refractivity contribution is 5.21. The third-order valence-corrected chi connectivity index (χ3v) is 2.91. The van der Waals surface area contributed by atoms with E-state index in [1.54, 1.807) is 0 Å². The summed E-state index contributed by atoms with van der Waals surface area (Å²) in [5, 5.41) is 7.05. The Morgan fingerprint density at radius 2 is 1.95 bits per heavy atom. The molecule has 1 N–H and O–H groups in total. The summed E-state index contributed by atoms with van der Waals surface area (Å²) in [6.07, 6.45) is 2.62. The Bertz CT molecular complexity index is 561. The SMILES string of the molecule is Fc1cc(F)cc(Cc2noc(CNC3CC3)n2)c1. The first-order chi connectivity index (χ1) is 9.19. The summed E-state index contributed by atoms with van der Waals surface area (Å²) < 4.78 is 31.1. The average molecular weight is 265 g/mol. The quantitative estimate of drug-likeness (QED) is 0.900. The van der Waals surface area contributed by atoms with E-state index in [0.717, 1.165) is 6.07 Å². The van der Waals surface area contributed by atoms with Gasteiger partial charge in [0.2, 0.25) is 5.89 Å². The summed E-state index contributed by atoms with van der Waals surface area (Å²) in [4.78, 5) is 4.18. The fourth-order valence-electron chi connectivity index (χ4n) is 1.85. The van der Waals surface area contributed by atoms with E-state index in [4.69, 9.17) is 4.52 Å². The maximum Gasteiger partial charge on any atom is 0.240 e. The first-order valence-electron chi connectivity index (χ1n) is 6.19. The van der Waals surface area contributed by atoms with Crippen molar-refractivity contribution in [2.45, 2.75) is 31.8 Å². The van der Waals surface area contributed by atoms with Crippen molar-refractivity contribution in [1.82, 2.24) is 15.5 Å². The third kappa shape index (κ3) is 3.35. The number of hydrogen-bond donors (Lipinski definition) is 1. The lowest BCUT2D eigenvalue weighted by molar-refractivity contribution is 0.363. The number of hydrogen-bond acceptors (Lipinski definition) is 4. The Balaban J connectivity index is 1.65. The Labute approximate surface area is 108 Å². The number of nitrogens with zero attached hydrogens (tertiary/aromatic N) is 2. The summed E-state index contributed by atoms with van der Waals surface area (Å²) in [6.45, 7) is 0.537. The Hall–Kier alpha value is -1.82. The maximum absolute atomic E-state index is 13.0. The molecular formula is C13H13F2N3O. The number of aromatic nitrogens is 2. The lowest BCUT2D eigenvalue weighted by Gasteiger charge is -1.98. The van der Waals surface area contributed by atoms with Gasteiger partial charge in [-0.2, -0.15) is 4.98 Å². The van der Waals surface area contributed by atoms with Crippen LogP contribution in [0.3, 0.4) is 0 Å². The van der Waals surface area contributed by atoms with Crippen molar-refractivity contribution < 1.29 is 13.3 Å². The van der Waals surface area contributed by atoms with Gasteiger partial charge in [-0.1, -0.05) is 5.16 Å². The Morgan fingerprint density at radius 3 is 2.63 bits per heavy atom. The van der Waals surface area contributed by atoms with Gasteiger partial charge in [0, 0.05) is 18.5 Å². The predicted molar refractivity (Wildman–Crippen MR) is 63.3 cm³/mol. The molecule has 3 rings (SSSR count). The maximum atomic E-state index is 13.0. The highest BCUT2D eigenvalue weighted by atomic mass is 19.1. The molecule has 0 saturated heterocycles. The molecule has 0 amide bonds. The Kier molecular flexibility index (Phi) is 3.25. The number of rotatable bonds is 5. The van der Waals surface area contributed by atoms with E-state index < -0.39 is 11.6 Å². The molecular weight excluding hydrogens is 252 g/mol. The number of halogens is 2. The second-order valence-corrected chi connectivity index (χ2v) is 4.71. The third-order valence-electron chi connectivity index (χ3n) is 2.91. The molecule has 2 aromatic rings. The Morgan fingerprint density at radius 1 is 1.21 bits per heavy atom. The highest BCUT2D eigenvalue weighted by Gasteiger charge is 2.21. The van der Waals surface area contributed by atoms with Crippen LogP contribution in [0.2, 0.25) is 0 Å². The van der Waals surface area contributed by atoms with E-state index in [2.05, 4.69) is 15.5 Å². The van der Waals surface area contributed by atoms with Gasteiger partial charge in [-0.25, -0.2) is 8.78 Å². The van der Waals surface area contributed by atoms with Gasteiger partial charge in [0.25, 0.3) is 0 Å². The molecule has 1 saturated carbocycles. The van der Waals surface area contributed by atoms with E-state index in [0.29, 0.717) is 29.9 Å². The molecule has 6 heteroatoms. The van der Waals surface area contributed by atoms with Gasteiger partial charge in [-0.15, -0.1) is 0 Å². The molecule has 1 aromatic carbocycles. The summed E-state index contributed by atoms with van der Waals surface area (Å²) in [5.41, 5.74) is 0.486. The zero-order chi connectivity index (χ0) is 13.2. The van der Waals surface area contributed by atoms with Crippen LogP contribution in [0.5, 0.6) is 0 Å². The topological polar surface area (TPSA) is 51.0 Å². The lowest BCUT2D eigenvalue weighted by atomic mass is 10.1. The van der Waals surface area contributed by atoms with Crippen molar-refractivity contribution in [3.8, 4) is 0 Å². The van der Waals surface area contributed by atoms with E-state index in [9.17, 15) is 8.78 Å². The molecule has 1 fully saturated rings. The molecule has 19 heavy (non-hydrogen) atoms. The van der Waals surface area contributed by atoms with E-state index in [-0.39, 0.29) is 6.42 Å². The molecule has 100 valence electrons. The molecule has 0 spiro atoms. The number of nitrogens with one attached hydrogen (secondary N) is 1. The van der Waals surface area contributed by atoms with Gasteiger partial charge < -0.3 is 9.84 Å². The van der Waals surface area contributed by atoms with E-state index in [1.165, 1.54) is 25.0 Å². The molecule has 0 unspecified atom stereocenters. The van der Waals surface area contributed by atoms with Crippen LogP contribution in [0.25, 0.3) is 0 Å². The van der Waals surface area contributed by atoms with Gasteiger partial charge in [0.15, 0.2) is 5.82 Å². The van der Waals surface area contributed by atoms with Crippen molar-refractivity contribution in [2.75, 3.05) is 0 Å². The lowest BCUT2D eigenvalue weighted by Crippen LogP contribution is -2.15. The average Bonchev–Trinajstić information content (AvgIpc) is 3.06. The molecule has 1 aromatic heterocycles. The fraction of sp³-hybridized carbons (Fsp3) is 0.385. The first-order valence-corrected chi connectivity index (χ1v) is 6.19. The zero-order valence-corrected chi connectivity index (χ0v) is 10.2. The molecule has 0 bridgehead atoms. The van der Waals surface area contributed by atoms with E-state index in [1.807, 2.05) is 0 Å². The van der Waals surface area contributed by atoms with E-state index >= 15 is 0 Å². The van der Waals surface area contributed by atoms with Gasteiger partial charge >= 0.3 is 0 Å². The summed E-state index contributed by atoms with van der Waals surface area (Å²) in [7, 11) is 0. The minimum absolute atomic E-state index is 0.252. The van der Waals surface area contributed by atoms with Crippen LogP contribution in [0.4, 0.5) is 8.78 Å².